The first-order chi connectivity index (χ1) is 16.0. The molecule has 8 nitrogen and oxygen atoms in total. The van der Waals surface area contributed by atoms with Crippen LogP contribution in [-0.2, 0) is 0 Å². The van der Waals surface area contributed by atoms with Crippen molar-refractivity contribution in [3.63, 3.8) is 0 Å². The van der Waals surface area contributed by atoms with Gasteiger partial charge in [-0.2, -0.15) is 0 Å². The van der Waals surface area contributed by atoms with Crippen molar-refractivity contribution < 1.29 is 18.7 Å². The predicted molar refractivity (Wildman–Crippen MR) is 124 cm³/mol. The molecule has 0 unspecified atom stereocenters. The Balaban J connectivity index is 1.31. The molecule has 0 spiro atoms. The molecule has 2 heterocycles. The maximum absolute atomic E-state index is 13.0. The highest BCUT2D eigenvalue weighted by molar-refractivity contribution is 7.13. The third-order valence-electron chi connectivity index (χ3n) is 5.30. The van der Waals surface area contributed by atoms with E-state index in [9.17, 15) is 14.0 Å². The van der Waals surface area contributed by atoms with Crippen molar-refractivity contribution in [1.29, 1.82) is 0 Å². The van der Waals surface area contributed by atoms with Gasteiger partial charge in [0.1, 0.15) is 16.6 Å². The van der Waals surface area contributed by atoms with Crippen molar-refractivity contribution in [2.75, 3.05) is 30.3 Å². The van der Waals surface area contributed by atoms with Crippen molar-refractivity contribution in [1.82, 2.24) is 15.1 Å². The zero-order valence-electron chi connectivity index (χ0n) is 18.1. The smallest absolute Gasteiger partial charge is 0.321 e. The Kier molecular flexibility index (Phi) is 7.13. The van der Waals surface area contributed by atoms with E-state index in [1.54, 1.807) is 4.90 Å². The number of carbonyl (C=O) groups excluding carboxylic acids is 2. The molecule has 1 aromatic heterocycles. The van der Waals surface area contributed by atoms with Gasteiger partial charge in [-0.15, -0.1) is 10.2 Å². The zero-order valence-corrected chi connectivity index (χ0v) is 18.9. The Morgan fingerprint density at radius 1 is 1.09 bits per heavy atom. The van der Waals surface area contributed by atoms with E-state index in [1.165, 1.54) is 35.6 Å². The van der Waals surface area contributed by atoms with Crippen molar-refractivity contribution in [2.45, 2.75) is 25.7 Å². The Bertz CT molecular complexity index is 1110. The molecule has 0 aliphatic carbocycles. The van der Waals surface area contributed by atoms with Gasteiger partial charge in [0.2, 0.25) is 5.01 Å². The number of rotatable bonds is 6. The van der Waals surface area contributed by atoms with Crippen LogP contribution in [0.4, 0.5) is 20.6 Å². The molecule has 1 aliphatic rings. The molecule has 172 valence electrons. The minimum Gasteiger partial charge on any atom is -0.492 e. The molecule has 0 saturated carbocycles. The molecule has 0 radical (unpaired) electrons. The number of benzene rings is 2. The van der Waals surface area contributed by atoms with E-state index in [2.05, 4.69) is 20.8 Å². The van der Waals surface area contributed by atoms with Gasteiger partial charge in [-0.05, 0) is 56.2 Å². The highest BCUT2D eigenvalue weighted by Crippen LogP contribution is 2.31. The fraction of sp³-hybridized carbons (Fsp3) is 0.304. The van der Waals surface area contributed by atoms with Crippen LogP contribution in [-0.4, -0.2) is 46.7 Å². The number of nitrogens with one attached hydrogen (secondary N) is 2. The quantitative estimate of drug-likeness (QED) is 0.544. The average Bonchev–Trinajstić information content (AvgIpc) is 3.33. The molecule has 4 rings (SSSR count). The second kappa shape index (κ2) is 10.4. The zero-order chi connectivity index (χ0) is 23.2. The van der Waals surface area contributed by atoms with Gasteiger partial charge in [0, 0.05) is 24.7 Å². The van der Waals surface area contributed by atoms with E-state index in [0.717, 1.165) is 17.8 Å². The summed E-state index contributed by atoms with van der Waals surface area (Å²) in [5.41, 5.74) is 1.13. The van der Waals surface area contributed by atoms with Gasteiger partial charge >= 0.3 is 6.03 Å². The van der Waals surface area contributed by atoms with Crippen LogP contribution in [0.5, 0.6) is 5.75 Å². The molecule has 0 bridgehead atoms. The lowest BCUT2D eigenvalue weighted by Crippen LogP contribution is -2.40. The third kappa shape index (κ3) is 5.64. The first kappa shape index (κ1) is 22.7. The van der Waals surface area contributed by atoms with Gasteiger partial charge in [-0.3, -0.25) is 4.79 Å². The summed E-state index contributed by atoms with van der Waals surface area (Å²) in [6, 6.07) is 12.7. The van der Waals surface area contributed by atoms with Gasteiger partial charge in [-0.25, -0.2) is 9.18 Å². The summed E-state index contributed by atoms with van der Waals surface area (Å²) >= 11 is 1.25. The Labute approximate surface area is 194 Å². The van der Waals surface area contributed by atoms with Gasteiger partial charge in [0.15, 0.2) is 0 Å². The number of piperidine rings is 1. The number of hydrogen-bond donors (Lipinski definition) is 2. The molecule has 33 heavy (non-hydrogen) atoms. The lowest BCUT2D eigenvalue weighted by Gasteiger charge is -2.31. The molecular formula is C23H24FN5O3S. The normalized spacial score (nSPS) is 14.1. The van der Waals surface area contributed by atoms with Crippen LogP contribution in [0, 0.1) is 5.82 Å². The number of likely N-dealkylation sites (tertiary alicyclic amines) is 1. The number of carbonyl (C=O) groups is 2. The summed E-state index contributed by atoms with van der Waals surface area (Å²) in [4.78, 5) is 26.9. The van der Waals surface area contributed by atoms with Crippen LogP contribution in [0.15, 0.2) is 48.5 Å². The molecule has 0 atom stereocenters. The predicted octanol–water partition coefficient (Wildman–Crippen LogP) is 4.74. The maximum Gasteiger partial charge on any atom is 0.321 e. The number of hydrogen-bond acceptors (Lipinski definition) is 6. The van der Waals surface area contributed by atoms with Crippen molar-refractivity contribution in [3.8, 4) is 5.75 Å². The van der Waals surface area contributed by atoms with E-state index in [0.29, 0.717) is 36.8 Å². The highest BCUT2D eigenvalue weighted by Gasteiger charge is 2.27. The minimum absolute atomic E-state index is 0.134. The summed E-state index contributed by atoms with van der Waals surface area (Å²) in [6.45, 7) is 3.56. The molecular weight excluding hydrogens is 445 g/mol. The number of nitrogens with zero attached hydrogens (tertiary/aromatic N) is 3. The second-order valence-electron chi connectivity index (χ2n) is 7.53. The molecule has 2 aromatic carbocycles. The first-order valence-electron chi connectivity index (χ1n) is 10.7. The summed E-state index contributed by atoms with van der Waals surface area (Å²) in [5.74, 6) is 0.0260. The van der Waals surface area contributed by atoms with Crippen molar-refractivity contribution in [2.24, 2.45) is 0 Å². The van der Waals surface area contributed by atoms with Crippen LogP contribution >= 0.6 is 11.3 Å². The molecule has 2 N–H and O–H groups in total. The number of amides is 3. The van der Waals surface area contributed by atoms with Crippen LogP contribution < -0.4 is 15.4 Å². The highest BCUT2D eigenvalue weighted by atomic mass is 32.1. The van der Waals surface area contributed by atoms with Crippen molar-refractivity contribution in [3.05, 3.63) is 64.4 Å². The number of para-hydroxylation sites is 2. The Morgan fingerprint density at radius 3 is 2.55 bits per heavy atom. The molecule has 3 amide bonds. The van der Waals surface area contributed by atoms with Crippen LogP contribution in [0.3, 0.4) is 0 Å². The molecule has 1 saturated heterocycles. The molecule has 1 aliphatic heterocycles. The summed E-state index contributed by atoms with van der Waals surface area (Å²) in [5, 5.41) is 14.9. The van der Waals surface area contributed by atoms with E-state index >= 15 is 0 Å². The monoisotopic (exact) mass is 469 g/mol. The molecule has 1 fully saturated rings. The van der Waals surface area contributed by atoms with Gasteiger partial charge in [0.05, 0.1) is 12.3 Å². The standard InChI is InChI=1S/C23H24FN5O3S/c1-2-32-19-6-4-3-5-18(19)26-23(31)29-13-11-15(12-14-29)21-27-28-22(33-21)20(30)25-17-9-7-16(24)8-10-17/h3-10,15H,2,11-14H2,1H3,(H,25,30)(H,26,31). The van der Waals surface area contributed by atoms with Crippen molar-refractivity contribution >= 4 is 34.6 Å². The average molecular weight is 470 g/mol. The van der Waals surface area contributed by atoms with E-state index in [1.807, 2.05) is 31.2 Å². The topological polar surface area (TPSA) is 96.4 Å². The summed E-state index contributed by atoms with van der Waals surface area (Å²) < 4.78 is 18.6. The number of ether oxygens (including phenoxy) is 1. The lowest BCUT2D eigenvalue weighted by atomic mass is 9.98. The summed E-state index contributed by atoms with van der Waals surface area (Å²) in [7, 11) is 0. The van der Waals surface area contributed by atoms with Gasteiger partial charge in [-0.1, -0.05) is 23.5 Å². The number of halogens is 1. The number of anilines is 2. The third-order valence-corrected chi connectivity index (χ3v) is 6.38. The minimum atomic E-state index is -0.380. The van der Waals surface area contributed by atoms with Crippen LogP contribution in [0.25, 0.3) is 0 Å². The van der Waals surface area contributed by atoms with E-state index in [-0.39, 0.29) is 28.7 Å². The van der Waals surface area contributed by atoms with Gasteiger partial charge < -0.3 is 20.3 Å². The number of aromatic nitrogens is 2. The fourth-order valence-electron chi connectivity index (χ4n) is 3.58. The van der Waals surface area contributed by atoms with E-state index in [4.69, 9.17) is 4.74 Å². The lowest BCUT2D eigenvalue weighted by molar-refractivity contribution is 0.102. The Morgan fingerprint density at radius 2 is 1.82 bits per heavy atom. The number of urea groups is 1. The van der Waals surface area contributed by atoms with Crippen LogP contribution in [0.1, 0.15) is 40.5 Å². The molecule has 3 aromatic rings. The SMILES string of the molecule is CCOc1ccccc1NC(=O)N1CCC(c2nnc(C(=O)Nc3ccc(F)cc3)s2)CC1. The Hall–Kier alpha value is -3.53. The summed E-state index contributed by atoms with van der Waals surface area (Å²) in [6.07, 6.45) is 1.46. The molecule has 10 heteroatoms. The van der Waals surface area contributed by atoms with E-state index < -0.39 is 0 Å². The van der Waals surface area contributed by atoms with Gasteiger partial charge in [0.25, 0.3) is 5.91 Å². The van der Waals surface area contributed by atoms with Crippen LogP contribution in [0.2, 0.25) is 0 Å². The first-order valence-corrected chi connectivity index (χ1v) is 11.5. The maximum atomic E-state index is 13.0. The fourth-order valence-corrected chi connectivity index (χ4v) is 4.49. The second-order valence-corrected chi connectivity index (χ2v) is 8.54. The largest absolute Gasteiger partial charge is 0.492 e.